The number of anilines is 1. The van der Waals surface area contributed by atoms with Crippen LogP contribution in [0.2, 0.25) is 0 Å². The van der Waals surface area contributed by atoms with Gasteiger partial charge < -0.3 is 19.2 Å². The van der Waals surface area contributed by atoms with Crippen LogP contribution in [0.1, 0.15) is 27.4 Å². The number of benzene rings is 3. The molecule has 4 aromatic rings. The summed E-state index contributed by atoms with van der Waals surface area (Å²) in [6.07, 6.45) is 0. The van der Waals surface area contributed by atoms with Crippen LogP contribution in [0, 0.1) is 6.92 Å². The highest BCUT2D eigenvalue weighted by atomic mass is 32.2. The molecule has 0 spiro atoms. The average Bonchev–Trinajstić information content (AvgIpc) is 3.30. The second kappa shape index (κ2) is 10.7. The van der Waals surface area contributed by atoms with E-state index in [2.05, 4.69) is 15.5 Å². The van der Waals surface area contributed by atoms with Gasteiger partial charge in [-0.15, -0.1) is 10.2 Å². The van der Waals surface area contributed by atoms with E-state index in [0.29, 0.717) is 28.1 Å². The van der Waals surface area contributed by atoms with Gasteiger partial charge in [-0.25, -0.2) is 0 Å². The van der Waals surface area contributed by atoms with Crippen LogP contribution < -0.4 is 14.8 Å². The molecule has 0 aliphatic heterocycles. The summed E-state index contributed by atoms with van der Waals surface area (Å²) in [6, 6.07) is 22.4. The maximum absolute atomic E-state index is 12.5. The molecule has 0 fully saturated rings. The quantitative estimate of drug-likeness (QED) is 0.329. The summed E-state index contributed by atoms with van der Waals surface area (Å²) in [6.45, 7) is 2.23. The van der Waals surface area contributed by atoms with Crippen molar-refractivity contribution in [3.8, 4) is 11.5 Å². The molecule has 1 amide bonds. The van der Waals surface area contributed by atoms with Gasteiger partial charge in [0, 0.05) is 17.0 Å². The highest BCUT2D eigenvalue weighted by Gasteiger charge is 2.10. The topological polar surface area (TPSA) is 86.5 Å². The first-order valence-corrected chi connectivity index (χ1v) is 11.3. The summed E-state index contributed by atoms with van der Waals surface area (Å²) in [5, 5.41) is 11.4. The summed E-state index contributed by atoms with van der Waals surface area (Å²) in [4.78, 5) is 12.5. The van der Waals surface area contributed by atoms with E-state index in [9.17, 15) is 4.79 Å². The van der Waals surface area contributed by atoms with Gasteiger partial charge in [0.1, 0.15) is 11.5 Å². The Morgan fingerprint density at radius 1 is 1.00 bits per heavy atom. The van der Waals surface area contributed by atoms with Crippen LogP contribution in [-0.4, -0.2) is 23.2 Å². The molecule has 8 heteroatoms. The van der Waals surface area contributed by atoms with Crippen LogP contribution in [0.5, 0.6) is 11.5 Å². The van der Waals surface area contributed by atoms with E-state index in [1.54, 1.807) is 43.5 Å². The number of amides is 1. The normalized spacial score (nSPS) is 10.6. The molecule has 0 unspecified atom stereocenters. The lowest BCUT2D eigenvalue weighted by Gasteiger charge is -2.07. The fraction of sp³-hybridized carbons (Fsp3) is 0.160. The summed E-state index contributed by atoms with van der Waals surface area (Å²) >= 11 is 1.43. The molecule has 0 atom stereocenters. The van der Waals surface area contributed by atoms with Crippen molar-refractivity contribution in [2.24, 2.45) is 0 Å². The monoisotopic (exact) mass is 461 g/mol. The van der Waals surface area contributed by atoms with Gasteiger partial charge in [-0.3, -0.25) is 4.79 Å². The van der Waals surface area contributed by atoms with Crippen LogP contribution in [-0.2, 0) is 12.4 Å². The number of nitrogens with one attached hydrogen (secondary N) is 1. The molecular formula is C25H23N3O4S. The number of rotatable bonds is 9. The Kier molecular flexibility index (Phi) is 7.26. The van der Waals surface area contributed by atoms with Crippen molar-refractivity contribution in [1.82, 2.24) is 10.2 Å². The zero-order valence-corrected chi connectivity index (χ0v) is 19.1. The van der Waals surface area contributed by atoms with Gasteiger partial charge in [0.2, 0.25) is 0 Å². The largest absolute Gasteiger partial charge is 0.497 e. The Morgan fingerprint density at radius 3 is 2.52 bits per heavy atom. The molecular weight excluding hydrogens is 438 g/mol. The fourth-order valence-electron chi connectivity index (χ4n) is 2.98. The molecule has 0 saturated carbocycles. The number of carbonyl (C=O) groups is 1. The smallest absolute Gasteiger partial charge is 0.277 e. The molecule has 1 N–H and O–H groups in total. The highest BCUT2D eigenvalue weighted by molar-refractivity contribution is 7.98. The number of ether oxygens (including phenoxy) is 2. The third-order valence-electron chi connectivity index (χ3n) is 4.73. The first kappa shape index (κ1) is 22.4. The van der Waals surface area contributed by atoms with Crippen molar-refractivity contribution in [1.29, 1.82) is 0 Å². The van der Waals surface area contributed by atoms with Crippen LogP contribution >= 0.6 is 11.8 Å². The Bertz CT molecular complexity index is 1210. The molecule has 1 heterocycles. The van der Waals surface area contributed by atoms with E-state index in [1.165, 1.54) is 11.8 Å². The van der Waals surface area contributed by atoms with Crippen molar-refractivity contribution >= 4 is 23.4 Å². The number of thioether (sulfide) groups is 1. The molecule has 1 aromatic heterocycles. The van der Waals surface area contributed by atoms with Gasteiger partial charge in [0.05, 0.1) is 7.11 Å². The zero-order chi connectivity index (χ0) is 23.0. The second-order valence-corrected chi connectivity index (χ2v) is 8.16. The van der Waals surface area contributed by atoms with Gasteiger partial charge >= 0.3 is 0 Å². The fourth-order valence-corrected chi connectivity index (χ4v) is 3.72. The zero-order valence-electron chi connectivity index (χ0n) is 18.3. The summed E-state index contributed by atoms with van der Waals surface area (Å²) in [5.41, 5.74) is 3.45. The number of aromatic nitrogens is 2. The first-order valence-electron chi connectivity index (χ1n) is 10.3. The molecule has 0 saturated heterocycles. The van der Waals surface area contributed by atoms with Crippen LogP contribution in [0.4, 0.5) is 5.69 Å². The number of hydrogen-bond donors (Lipinski definition) is 1. The first-order chi connectivity index (χ1) is 16.1. The van der Waals surface area contributed by atoms with Gasteiger partial charge in [-0.05, 0) is 66.6 Å². The number of methoxy groups -OCH3 is 1. The van der Waals surface area contributed by atoms with E-state index in [-0.39, 0.29) is 12.5 Å². The maximum atomic E-state index is 12.5. The Morgan fingerprint density at radius 2 is 1.79 bits per heavy atom. The SMILES string of the molecule is COc1ccc(NC(=O)c2ccc(CSc3nnc(COc4cccc(C)c4)o3)cc2)cc1. The minimum absolute atomic E-state index is 0.172. The van der Waals surface area contributed by atoms with Crippen LogP contribution in [0.15, 0.2) is 82.4 Å². The highest BCUT2D eigenvalue weighted by Crippen LogP contribution is 2.23. The Hall–Kier alpha value is -3.78. The average molecular weight is 462 g/mol. The third kappa shape index (κ3) is 6.36. The van der Waals surface area contributed by atoms with Crippen molar-refractivity contribution in [3.63, 3.8) is 0 Å². The van der Waals surface area contributed by atoms with Crippen LogP contribution in [0.3, 0.4) is 0 Å². The van der Waals surface area contributed by atoms with E-state index >= 15 is 0 Å². The summed E-state index contributed by atoms with van der Waals surface area (Å²) in [7, 11) is 1.60. The molecule has 3 aromatic carbocycles. The van der Waals surface area contributed by atoms with E-state index < -0.39 is 0 Å². The summed E-state index contributed by atoms with van der Waals surface area (Å²) < 4.78 is 16.5. The van der Waals surface area contributed by atoms with Crippen molar-refractivity contribution in [3.05, 3.63) is 95.4 Å². The van der Waals surface area contributed by atoms with E-state index in [4.69, 9.17) is 13.9 Å². The van der Waals surface area contributed by atoms with Crippen molar-refractivity contribution in [2.75, 3.05) is 12.4 Å². The lowest BCUT2D eigenvalue weighted by atomic mass is 10.1. The van der Waals surface area contributed by atoms with Gasteiger partial charge in [0.15, 0.2) is 6.61 Å². The number of carbonyl (C=O) groups excluding carboxylic acids is 1. The number of nitrogens with zero attached hydrogens (tertiary/aromatic N) is 2. The minimum atomic E-state index is -0.172. The lowest BCUT2D eigenvalue weighted by molar-refractivity contribution is 0.102. The third-order valence-corrected chi connectivity index (χ3v) is 5.62. The molecule has 168 valence electrons. The molecule has 0 radical (unpaired) electrons. The standard InChI is InChI=1S/C25H23N3O4S/c1-17-4-3-5-22(14-17)31-15-23-27-28-25(32-23)33-16-18-6-8-19(9-7-18)24(29)26-20-10-12-21(30-2)13-11-20/h3-14H,15-16H2,1-2H3,(H,26,29). The van der Waals surface area contributed by atoms with E-state index in [1.807, 2.05) is 43.3 Å². The second-order valence-electron chi connectivity index (χ2n) is 7.24. The number of hydrogen-bond acceptors (Lipinski definition) is 7. The molecule has 33 heavy (non-hydrogen) atoms. The van der Waals surface area contributed by atoms with Crippen LogP contribution in [0.25, 0.3) is 0 Å². The van der Waals surface area contributed by atoms with Gasteiger partial charge in [0.25, 0.3) is 17.0 Å². The molecule has 4 rings (SSSR count). The minimum Gasteiger partial charge on any atom is -0.497 e. The Balaban J connectivity index is 1.26. The number of aryl methyl sites for hydroxylation is 1. The maximum Gasteiger partial charge on any atom is 0.277 e. The lowest BCUT2D eigenvalue weighted by Crippen LogP contribution is -2.11. The predicted octanol–water partition coefficient (Wildman–Crippen LogP) is 5.51. The molecule has 0 aliphatic carbocycles. The molecule has 0 bridgehead atoms. The summed E-state index contributed by atoms with van der Waals surface area (Å²) in [5.74, 6) is 2.39. The van der Waals surface area contributed by atoms with Crippen molar-refractivity contribution < 1.29 is 18.7 Å². The van der Waals surface area contributed by atoms with Gasteiger partial charge in [-0.1, -0.05) is 36.0 Å². The predicted molar refractivity (Wildman–Crippen MR) is 127 cm³/mol. The van der Waals surface area contributed by atoms with E-state index in [0.717, 1.165) is 22.6 Å². The Labute approximate surface area is 196 Å². The molecule has 0 aliphatic rings. The van der Waals surface area contributed by atoms with Crippen molar-refractivity contribution in [2.45, 2.75) is 24.5 Å². The molecule has 7 nitrogen and oxygen atoms in total. The van der Waals surface area contributed by atoms with Gasteiger partial charge in [-0.2, -0.15) is 0 Å².